The van der Waals surface area contributed by atoms with Crippen LogP contribution in [-0.2, 0) is 0 Å². The van der Waals surface area contributed by atoms with E-state index >= 15 is 0 Å². The first-order chi connectivity index (χ1) is 10.1. The van der Waals surface area contributed by atoms with Crippen LogP contribution >= 0.6 is 0 Å². The number of benzene rings is 2. The summed E-state index contributed by atoms with van der Waals surface area (Å²) in [5.41, 5.74) is 0.725. The molecule has 0 aliphatic heterocycles. The van der Waals surface area contributed by atoms with Gasteiger partial charge in [0.1, 0.15) is 11.6 Å². The lowest BCUT2D eigenvalue weighted by atomic mass is 10.1. The molecule has 0 saturated heterocycles. The zero-order valence-corrected chi connectivity index (χ0v) is 12.2. The molecule has 3 nitrogen and oxygen atoms in total. The lowest BCUT2D eigenvalue weighted by Gasteiger charge is -2.13. The first-order valence-electron chi connectivity index (χ1n) is 6.82. The van der Waals surface area contributed by atoms with Crippen LogP contribution < -0.4 is 9.47 Å². The Morgan fingerprint density at radius 1 is 1.00 bits per heavy atom. The second-order valence-corrected chi connectivity index (χ2v) is 5.16. The molecule has 108 valence electrons. The fourth-order valence-corrected chi connectivity index (χ4v) is 2.37. The molecular formula is C17H16FNO2. The SMILES string of the molecule is COc1ccc2c(c1)nc(OC(C)C)c1ccc(F)cc12. The van der Waals surface area contributed by atoms with Gasteiger partial charge in [-0.25, -0.2) is 9.37 Å². The summed E-state index contributed by atoms with van der Waals surface area (Å²) >= 11 is 0. The summed E-state index contributed by atoms with van der Waals surface area (Å²) in [4.78, 5) is 4.56. The van der Waals surface area contributed by atoms with Gasteiger partial charge in [-0.15, -0.1) is 0 Å². The smallest absolute Gasteiger partial charge is 0.222 e. The second kappa shape index (κ2) is 5.20. The summed E-state index contributed by atoms with van der Waals surface area (Å²) in [5, 5.41) is 2.47. The molecule has 4 heteroatoms. The fourth-order valence-electron chi connectivity index (χ4n) is 2.37. The molecule has 21 heavy (non-hydrogen) atoms. The monoisotopic (exact) mass is 285 g/mol. The van der Waals surface area contributed by atoms with Crippen molar-refractivity contribution < 1.29 is 13.9 Å². The van der Waals surface area contributed by atoms with Gasteiger partial charge in [0.2, 0.25) is 5.88 Å². The van der Waals surface area contributed by atoms with Crippen LogP contribution in [0.25, 0.3) is 21.7 Å². The molecule has 3 aromatic rings. The number of fused-ring (bicyclic) bond motifs is 3. The summed E-state index contributed by atoms with van der Waals surface area (Å²) in [7, 11) is 1.60. The summed E-state index contributed by atoms with van der Waals surface area (Å²) in [6.45, 7) is 3.87. The Labute approximate surface area is 122 Å². The van der Waals surface area contributed by atoms with Gasteiger partial charge in [0.05, 0.1) is 18.7 Å². The van der Waals surface area contributed by atoms with E-state index in [2.05, 4.69) is 4.98 Å². The highest BCUT2D eigenvalue weighted by Gasteiger charge is 2.12. The molecule has 0 aliphatic rings. The molecule has 0 saturated carbocycles. The minimum atomic E-state index is -0.277. The van der Waals surface area contributed by atoms with E-state index < -0.39 is 0 Å². The van der Waals surface area contributed by atoms with Gasteiger partial charge in [0.15, 0.2) is 0 Å². The lowest BCUT2D eigenvalue weighted by molar-refractivity contribution is 0.237. The molecule has 2 aromatic carbocycles. The Balaban J connectivity index is 2.37. The average Bonchev–Trinajstić information content (AvgIpc) is 2.45. The van der Waals surface area contributed by atoms with Crippen molar-refractivity contribution >= 4 is 21.7 Å². The fraction of sp³-hybridized carbons (Fsp3) is 0.235. The number of pyridine rings is 1. The van der Waals surface area contributed by atoms with E-state index in [4.69, 9.17) is 9.47 Å². The van der Waals surface area contributed by atoms with E-state index in [1.54, 1.807) is 13.2 Å². The predicted octanol–water partition coefficient (Wildman–Crippen LogP) is 4.32. The molecule has 0 fully saturated rings. The quantitative estimate of drug-likeness (QED) is 0.671. The Hall–Kier alpha value is -2.36. The second-order valence-electron chi connectivity index (χ2n) is 5.16. The first-order valence-corrected chi connectivity index (χ1v) is 6.82. The molecule has 0 atom stereocenters. The minimum absolute atomic E-state index is 0.00573. The third kappa shape index (κ3) is 2.49. The third-order valence-corrected chi connectivity index (χ3v) is 3.28. The Morgan fingerprint density at radius 2 is 1.76 bits per heavy atom. The minimum Gasteiger partial charge on any atom is -0.497 e. The van der Waals surface area contributed by atoms with Gasteiger partial charge in [-0.1, -0.05) is 0 Å². The zero-order valence-electron chi connectivity index (χ0n) is 12.2. The number of nitrogens with zero attached hydrogens (tertiary/aromatic N) is 1. The summed E-state index contributed by atoms with van der Waals surface area (Å²) in [5.74, 6) is 0.948. The number of rotatable bonds is 3. The average molecular weight is 285 g/mol. The highest BCUT2D eigenvalue weighted by molar-refractivity contribution is 6.08. The molecule has 0 aliphatic carbocycles. The highest BCUT2D eigenvalue weighted by atomic mass is 19.1. The number of methoxy groups -OCH3 is 1. The lowest BCUT2D eigenvalue weighted by Crippen LogP contribution is -2.07. The van der Waals surface area contributed by atoms with Crippen molar-refractivity contribution in [3.8, 4) is 11.6 Å². The van der Waals surface area contributed by atoms with Gasteiger partial charge in [-0.3, -0.25) is 0 Å². The summed E-state index contributed by atoms with van der Waals surface area (Å²) in [6, 6.07) is 10.2. The zero-order chi connectivity index (χ0) is 15.0. The van der Waals surface area contributed by atoms with Crippen molar-refractivity contribution in [1.29, 1.82) is 0 Å². The van der Waals surface area contributed by atoms with Crippen molar-refractivity contribution in [1.82, 2.24) is 4.98 Å². The van der Waals surface area contributed by atoms with E-state index in [1.807, 2.05) is 32.0 Å². The maximum absolute atomic E-state index is 13.6. The molecule has 0 spiro atoms. The molecule has 1 heterocycles. The Kier molecular flexibility index (Phi) is 3.37. The molecule has 1 aromatic heterocycles. The maximum atomic E-state index is 13.6. The number of hydrogen-bond donors (Lipinski definition) is 0. The van der Waals surface area contributed by atoms with Crippen molar-refractivity contribution in [2.45, 2.75) is 20.0 Å². The largest absolute Gasteiger partial charge is 0.497 e. The standard InChI is InChI=1S/C17H16FNO2/c1-10(2)21-17-14-6-4-11(18)8-15(14)13-7-5-12(20-3)9-16(13)19-17/h4-10H,1-3H3. The van der Waals surface area contributed by atoms with Crippen LogP contribution in [0.2, 0.25) is 0 Å². The molecule has 0 N–H and O–H groups in total. The van der Waals surface area contributed by atoms with Crippen LogP contribution in [0.15, 0.2) is 36.4 Å². The van der Waals surface area contributed by atoms with Gasteiger partial charge in [0, 0.05) is 16.8 Å². The topological polar surface area (TPSA) is 31.4 Å². The van der Waals surface area contributed by atoms with Crippen LogP contribution in [0.3, 0.4) is 0 Å². The van der Waals surface area contributed by atoms with Gasteiger partial charge < -0.3 is 9.47 Å². The van der Waals surface area contributed by atoms with Crippen molar-refractivity contribution in [3.05, 3.63) is 42.2 Å². The van der Waals surface area contributed by atoms with Gasteiger partial charge >= 0.3 is 0 Å². The predicted molar refractivity (Wildman–Crippen MR) is 81.5 cm³/mol. The molecule has 0 amide bonds. The Bertz CT molecular complexity index is 815. The maximum Gasteiger partial charge on any atom is 0.222 e. The van der Waals surface area contributed by atoms with E-state index in [0.29, 0.717) is 11.6 Å². The van der Waals surface area contributed by atoms with Crippen LogP contribution in [0.5, 0.6) is 11.6 Å². The molecule has 0 bridgehead atoms. The van der Waals surface area contributed by atoms with Crippen LogP contribution in [0.4, 0.5) is 4.39 Å². The summed E-state index contributed by atoms with van der Waals surface area (Å²) < 4.78 is 24.6. The van der Waals surface area contributed by atoms with Crippen molar-refractivity contribution in [2.75, 3.05) is 7.11 Å². The van der Waals surface area contributed by atoms with Crippen LogP contribution in [-0.4, -0.2) is 18.2 Å². The van der Waals surface area contributed by atoms with Gasteiger partial charge in [0.25, 0.3) is 0 Å². The number of halogens is 1. The number of aromatic nitrogens is 1. The number of hydrogen-bond acceptors (Lipinski definition) is 3. The molecule has 0 unspecified atom stereocenters. The van der Waals surface area contributed by atoms with E-state index in [1.165, 1.54) is 12.1 Å². The van der Waals surface area contributed by atoms with E-state index in [0.717, 1.165) is 21.7 Å². The van der Waals surface area contributed by atoms with E-state index in [-0.39, 0.29) is 11.9 Å². The normalized spacial score (nSPS) is 11.3. The summed E-state index contributed by atoms with van der Waals surface area (Å²) in [6.07, 6.45) is -0.00573. The van der Waals surface area contributed by atoms with Gasteiger partial charge in [-0.2, -0.15) is 0 Å². The number of ether oxygens (including phenoxy) is 2. The van der Waals surface area contributed by atoms with E-state index in [9.17, 15) is 4.39 Å². The first kappa shape index (κ1) is 13.6. The highest BCUT2D eigenvalue weighted by Crippen LogP contribution is 2.33. The Morgan fingerprint density at radius 3 is 2.48 bits per heavy atom. The third-order valence-electron chi connectivity index (χ3n) is 3.28. The van der Waals surface area contributed by atoms with Crippen molar-refractivity contribution in [3.63, 3.8) is 0 Å². The van der Waals surface area contributed by atoms with Crippen molar-refractivity contribution in [2.24, 2.45) is 0 Å². The molecule has 3 rings (SSSR count). The van der Waals surface area contributed by atoms with Crippen LogP contribution in [0.1, 0.15) is 13.8 Å². The van der Waals surface area contributed by atoms with Gasteiger partial charge in [-0.05, 0) is 49.6 Å². The molecular weight excluding hydrogens is 269 g/mol. The molecule has 0 radical (unpaired) electrons. The van der Waals surface area contributed by atoms with Crippen LogP contribution in [0, 0.1) is 5.82 Å².